The van der Waals surface area contributed by atoms with Gasteiger partial charge in [-0.2, -0.15) is 0 Å². The van der Waals surface area contributed by atoms with Gasteiger partial charge in [-0.05, 0) is 6.92 Å². The summed E-state index contributed by atoms with van der Waals surface area (Å²) in [6.45, 7) is 1.34. The van der Waals surface area contributed by atoms with E-state index >= 15 is 0 Å². The standard InChI is InChI=1S/C7H14O5/c1-4(9)6(11)7(12-2)5(10)3-8/h3-7,9-11H,1-2H3/t4-,5+,6+,7-/m0/s1. The Hall–Kier alpha value is -0.490. The summed E-state index contributed by atoms with van der Waals surface area (Å²) < 4.78 is 4.63. The maximum absolute atomic E-state index is 10.1. The Morgan fingerprint density at radius 3 is 2.08 bits per heavy atom. The smallest absolute Gasteiger partial charge is 0.151 e. The van der Waals surface area contributed by atoms with Crippen LogP contribution in [-0.2, 0) is 9.53 Å². The molecule has 0 aromatic carbocycles. The van der Waals surface area contributed by atoms with E-state index in [1.54, 1.807) is 0 Å². The molecule has 0 saturated heterocycles. The van der Waals surface area contributed by atoms with Gasteiger partial charge in [0.15, 0.2) is 6.29 Å². The van der Waals surface area contributed by atoms with E-state index in [0.29, 0.717) is 0 Å². The van der Waals surface area contributed by atoms with Crippen molar-refractivity contribution in [3.05, 3.63) is 0 Å². The van der Waals surface area contributed by atoms with Crippen molar-refractivity contribution in [2.45, 2.75) is 31.3 Å². The van der Waals surface area contributed by atoms with Crippen LogP contribution in [0.25, 0.3) is 0 Å². The zero-order valence-electron chi connectivity index (χ0n) is 7.04. The first-order valence-corrected chi connectivity index (χ1v) is 3.56. The highest BCUT2D eigenvalue weighted by molar-refractivity contribution is 5.56. The van der Waals surface area contributed by atoms with Gasteiger partial charge in [-0.25, -0.2) is 0 Å². The summed E-state index contributed by atoms with van der Waals surface area (Å²) in [6, 6.07) is 0. The molecule has 0 fully saturated rings. The fourth-order valence-electron chi connectivity index (χ4n) is 0.833. The van der Waals surface area contributed by atoms with Crippen molar-refractivity contribution in [2.75, 3.05) is 7.11 Å². The zero-order chi connectivity index (χ0) is 9.72. The minimum Gasteiger partial charge on any atom is -0.391 e. The Morgan fingerprint density at radius 2 is 1.83 bits per heavy atom. The van der Waals surface area contributed by atoms with Gasteiger partial charge >= 0.3 is 0 Å². The Balaban J connectivity index is 4.22. The van der Waals surface area contributed by atoms with Gasteiger partial charge in [-0.3, -0.25) is 0 Å². The summed E-state index contributed by atoms with van der Waals surface area (Å²) in [5.41, 5.74) is 0. The van der Waals surface area contributed by atoms with Crippen molar-refractivity contribution in [3.8, 4) is 0 Å². The van der Waals surface area contributed by atoms with Crippen molar-refractivity contribution >= 4 is 6.29 Å². The molecule has 0 bridgehead atoms. The molecule has 0 rings (SSSR count). The van der Waals surface area contributed by atoms with E-state index < -0.39 is 24.4 Å². The van der Waals surface area contributed by atoms with Gasteiger partial charge in [-0.15, -0.1) is 0 Å². The quantitative estimate of drug-likeness (QED) is 0.437. The van der Waals surface area contributed by atoms with Gasteiger partial charge in [0.1, 0.15) is 18.3 Å². The molecule has 0 aliphatic carbocycles. The van der Waals surface area contributed by atoms with Crippen molar-refractivity contribution in [2.24, 2.45) is 0 Å². The van der Waals surface area contributed by atoms with Crippen LogP contribution in [0.2, 0.25) is 0 Å². The SMILES string of the molecule is CO[C@H]([C@H](O)[C@H](C)O)[C@H](O)C=O. The van der Waals surface area contributed by atoms with E-state index in [4.69, 9.17) is 10.2 Å². The Morgan fingerprint density at radius 1 is 1.33 bits per heavy atom. The molecule has 12 heavy (non-hydrogen) atoms. The molecular formula is C7H14O5. The lowest BCUT2D eigenvalue weighted by molar-refractivity contribution is -0.138. The monoisotopic (exact) mass is 178 g/mol. The van der Waals surface area contributed by atoms with Crippen LogP contribution < -0.4 is 0 Å². The molecule has 0 spiro atoms. The summed E-state index contributed by atoms with van der Waals surface area (Å²) in [5.74, 6) is 0. The first-order chi connectivity index (χ1) is 5.54. The molecule has 0 radical (unpaired) electrons. The van der Waals surface area contributed by atoms with Gasteiger partial charge in [0.25, 0.3) is 0 Å². The molecule has 0 amide bonds. The van der Waals surface area contributed by atoms with E-state index in [1.807, 2.05) is 0 Å². The second-order valence-corrected chi connectivity index (χ2v) is 2.56. The van der Waals surface area contributed by atoms with Gasteiger partial charge in [0.05, 0.1) is 6.10 Å². The summed E-state index contributed by atoms with van der Waals surface area (Å²) in [4.78, 5) is 10.1. The summed E-state index contributed by atoms with van der Waals surface area (Å²) in [7, 11) is 1.24. The number of aldehydes is 1. The summed E-state index contributed by atoms with van der Waals surface area (Å²) in [5, 5.41) is 27.1. The van der Waals surface area contributed by atoms with Crippen LogP contribution >= 0.6 is 0 Å². The van der Waals surface area contributed by atoms with E-state index in [9.17, 15) is 9.90 Å². The summed E-state index contributed by atoms with van der Waals surface area (Å²) >= 11 is 0. The number of aliphatic hydroxyl groups excluding tert-OH is 3. The third kappa shape index (κ3) is 2.86. The molecule has 0 aromatic rings. The maximum atomic E-state index is 10.1. The lowest BCUT2D eigenvalue weighted by atomic mass is 10.1. The molecule has 0 aromatic heterocycles. The van der Waals surface area contributed by atoms with E-state index in [2.05, 4.69) is 4.74 Å². The Kier molecular flexibility index (Phi) is 5.00. The fraction of sp³-hybridized carbons (Fsp3) is 0.857. The normalized spacial score (nSPS) is 21.1. The maximum Gasteiger partial charge on any atom is 0.151 e. The highest BCUT2D eigenvalue weighted by Gasteiger charge is 2.29. The number of hydrogen-bond donors (Lipinski definition) is 3. The van der Waals surface area contributed by atoms with Crippen molar-refractivity contribution in [3.63, 3.8) is 0 Å². The Bertz CT molecular complexity index is 136. The van der Waals surface area contributed by atoms with Crippen LogP contribution in [0.15, 0.2) is 0 Å². The molecule has 3 N–H and O–H groups in total. The number of aliphatic hydroxyl groups is 3. The number of rotatable bonds is 5. The van der Waals surface area contributed by atoms with Crippen molar-refractivity contribution in [1.29, 1.82) is 0 Å². The molecule has 0 saturated carbocycles. The second kappa shape index (κ2) is 5.21. The van der Waals surface area contributed by atoms with Gasteiger partial charge < -0.3 is 24.9 Å². The van der Waals surface area contributed by atoms with Crippen molar-refractivity contribution in [1.82, 2.24) is 0 Å². The lowest BCUT2D eigenvalue weighted by Crippen LogP contribution is -2.45. The molecule has 0 heterocycles. The van der Waals surface area contributed by atoms with E-state index in [-0.39, 0.29) is 6.29 Å². The number of ether oxygens (including phenoxy) is 1. The van der Waals surface area contributed by atoms with E-state index in [0.717, 1.165) is 0 Å². The molecule has 0 unspecified atom stereocenters. The van der Waals surface area contributed by atoms with Crippen LogP contribution in [0.5, 0.6) is 0 Å². The second-order valence-electron chi connectivity index (χ2n) is 2.56. The van der Waals surface area contributed by atoms with Crippen LogP contribution in [0.4, 0.5) is 0 Å². The molecule has 5 nitrogen and oxygen atoms in total. The van der Waals surface area contributed by atoms with Crippen molar-refractivity contribution < 1.29 is 24.9 Å². The van der Waals surface area contributed by atoms with Crippen LogP contribution in [0.1, 0.15) is 6.92 Å². The first kappa shape index (κ1) is 11.5. The van der Waals surface area contributed by atoms with Gasteiger partial charge in [0, 0.05) is 7.11 Å². The number of methoxy groups -OCH3 is 1. The number of hydrogen-bond acceptors (Lipinski definition) is 5. The topological polar surface area (TPSA) is 87.0 Å². The fourth-order valence-corrected chi connectivity index (χ4v) is 0.833. The zero-order valence-corrected chi connectivity index (χ0v) is 7.04. The predicted octanol–water partition coefficient (Wildman–Crippen LogP) is -1.70. The number of carbonyl (C=O) groups excluding carboxylic acids is 1. The first-order valence-electron chi connectivity index (χ1n) is 3.56. The van der Waals surface area contributed by atoms with Gasteiger partial charge in [-0.1, -0.05) is 0 Å². The third-order valence-electron chi connectivity index (χ3n) is 1.58. The van der Waals surface area contributed by atoms with Crippen LogP contribution in [0.3, 0.4) is 0 Å². The van der Waals surface area contributed by atoms with Gasteiger partial charge in [0.2, 0.25) is 0 Å². The van der Waals surface area contributed by atoms with Crippen LogP contribution in [0, 0.1) is 0 Å². The lowest BCUT2D eigenvalue weighted by Gasteiger charge is -2.24. The average molecular weight is 178 g/mol. The van der Waals surface area contributed by atoms with Crippen LogP contribution in [-0.4, -0.2) is 53.1 Å². The minimum atomic E-state index is -1.42. The molecule has 72 valence electrons. The highest BCUT2D eigenvalue weighted by Crippen LogP contribution is 2.06. The molecule has 0 aliphatic rings. The number of carbonyl (C=O) groups is 1. The van der Waals surface area contributed by atoms with E-state index in [1.165, 1.54) is 14.0 Å². The predicted molar refractivity (Wildman–Crippen MR) is 40.6 cm³/mol. The molecule has 4 atom stereocenters. The highest BCUT2D eigenvalue weighted by atomic mass is 16.5. The average Bonchev–Trinajstić information content (AvgIpc) is 2.05. The third-order valence-corrected chi connectivity index (χ3v) is 1.58. The largest absolute Gasteiger partial charge is 0.391 e. The Labute approximate surface area is 70.6 Å². The molecule has 5 heteroatoms. The molecular weight excluding hydrogens is 164 g/mol. The minimum absolute atomic E-state index is 0.250. The molecule has 0 aliphatic heterocycles. The summed E-state index contributed by atoms with van der Waals surface area (Å²) in [6.07, 6.45) is -4.57.